The zero-order valence-electron chi connectivity index (χ0n) is 64.5. The molecular formula is C70H89N27O19. The summed E-state index contributed by atoms with van der Waals surface area (Å²) in [4.78, 5) is 223. The fourth-order valence-electron chi connectivity index (χ4n) is 11.6. The molecule has 0 aromatic carbocycles. The highest BCUT2D eigenvalue weighted by Gasteiger charge is 2.29. The Kier molecular flexibility index (Phi) is 30.0. The van der Waals surface area contributed by atoms with Gasteiger partial charge in [0.1, 0.15) is 29.3 Å². The van der Waals surface area contributed by atoms with Crippen LogP contribution < -0.4 is 69.1 Å². The van der Waals surface area contributed by atoms with E-state index < -0.39 is 120 Å². The number of rotatable bonds is 42. The average Bonchev–Trinajstić information content (AvgIpc) is 1.69. The van der Waals surface area contributed by atoms with E-state index in [-0.39, 0.29) is 171 Å². The molecule has 16 N–H and O–H groups in total. The zero-order chi connectivity index (χ0) is 84.8. The van der Waals surface area contributed by atoms with Gasteiger partial charge in [-0.05, 0) is 44.2 Å². The van der Waals surface area contributed by atoms with E-state index in [2.05, 4.69) is 89.1 Å². The van der Waals surface area contributed by atoms with Crippen LogP contribution in [-0.2, 0) is 94.7 Å². The van der Waals surface area contributed by atoms with Crippen molar-refractivity contribution in [3.8, 4) is 0 Å². The molecule has 8 heterocycles. The van der Waals surface area contributed by atoms with E-state index in [0.717, 1.165) is 9.80 Å². The molecule has 0 saturated heterocycles. The minimum Gasteiger partial charge on any atom is -0.480 e. The number of aryl methyl sites for hydroxylation is 8. The summed E-state index contributed by atoms with van der Waals surface area (Å²) < 4.78 is 11.5. The molecule has 0 radical (unpaired) electrons. The van der Waals surface area contributed by atoms with Gasteiger partial charge in [0, 0.05) is 184 Å². The number of carbonyl (C=O) groups excluding carboxylic acids is 13. The lowest BCUT2D eigenvalue weighted by Gasteiger charge is -2.28. The first kappa shape index (κ1) is 87.0. The molecule has 116 heavy (non-hydrogen) atoms. The number of carboxylic acid groups (broad SMARTS) is 3. The number of hydrogen-bond acceptors (Lipinski definition) is 22. The molecule has 1 atom stereocenters. The molecule has 0 saturated carbocycles. The third kappa shape index (κ3) is 24.7. The third-order valence-electron chi connectivity index (χ3n) is 17.3. The van der Waals surface area contributed by atoms with Crippen molar-refractivity contribution in [3.63, 3.8) is 0 Å². The largest absolute Gasteiger partial charge is 0.480 e. The summed E-state index contributed by atoms with van der Waals surface area (Å²) in [5.41, 5.74) is 1.53. The summed E-state index contributed by atoms with van der Waals surface area (Å²) in [6.45, 7) is -2.88. The van der Waals surface area contributed by atoms with Gasteiger partial charge in [0.2, 0.25) is 47.0 Å². The van der Waals surface area contributed by atoms with Crippen molar-refractivity contribution < 1.29 is 92.0 Å². The highest BCUT2D eigenvalue weighted by molar-refractivity contribution is 6.07. The molecule has 0 bridgehead atoms. The number of carboxylic acids is 3. The molecule has 8 aromatic heterocycles. The van der Waals surface area contributed by atoms with Gasteiger partial charge < -0.3 is 126 Å². The number of nitrogens with one attached hydrogen (secondary N) is 13. The van der Waals surface area contributed by atoms with Crippen LogP contribution in [0.4, 0.5) is 40.2 Å². The maximum Gasteiger partial charge on any atom is 0.323 e. The van der Waals surface area contributed by atoms with E-state index >= 15 is 0 Å². The first-order chi connectivity index (χ1) is 55.0. The molecule has 8 rings (SSSR count). The van der Waals surface area contributed by atoms with Gasteiger partial charge in [-0.15, -0.1) is 0 Å². The second-order valence-corrected chi connectivity index (χ2v) is 26.4. The Bertz CT molecular complexity index is 5050. The van der Waals surface area contributed by atoms with Crippen LogP contribution >= 0.6 is 0 Å². The quantitative estimate of drug-likeness (QED) is 0.0189. The predicted octanol–water partition coefficient (Wildman–Crippen LogP) is -1.75. The summed E-state index contributed by atoms with van der Waals surface area (Å²) in [6.07, 6.45) is 13.0. The Hall–Kier alpha value is -14.6. The lowest BCUT2D eigenvalue weighted by atomic mass is 10.1. The van der Waals surface area contributed by atoms with Crippen LogP contribution in [0.1, 0.15) is 123 Å². The molecule has 0 aliphatic rings. The van der Waals surface area contributed by atoms with Crippen LogP contribution in [0.25, 0.3) is 0 Å². The summed E-state index contributed by atoms with van der Waals surface area (Å²) in [5.74, 6) is -11.2. The molecule has 46 nitrogen and oxygen atoms in total. The van der Waals surface area contributed by atoms with Crippen LogP contribution in [0.2, 0.25) is 0 Å². The van der Waals surface area contributed by atoms with Crippen molar-refractivity contribution in [1.82, 2.24) is 98.2 Å². The molecule has 0 fully saturated rings. The van der Waals surface area contributed by atoms with Gasteiger partial charge in [0.05, 0.1) is 41.9 Å². The normalized spacial score (nSPS) is 11.2. The minimum absolute atomic E-state index is 0.00644. The number of aliphatic carboxylic acids is 3. The monoisotopic (exact) mass is 1610 g/mol. The van der Waals surface area contributed by atoms with Crippen molar-refractivity contribution in [3.05, 3.63) is 126 Å². The highest BCUT2D eigenvalue weighted by atomic mass is 16.4. The number of anilines is 7. The predicted molar refractivity (Wildman–Crippen MR) is 411 cm³/mol. The minimum atomic E-state index is -1.36. The van der Waals surface area contributed by atoms with Crippen molar-refractivity contribution in [2.45, 2.75) is 44.6 Å². The average molecular weight is 1610 g/mol. The van der Waals surface area contributed by atoms with Gasteiger partial charge in [-0.2, -0.15) is 0 Å². The van der Waals surface area contributed by atoms with Crippen molar-refractivity contribution in [2.75, 3.05) is 110 Å². The Morgan fingerprint density at radius 3 is 1.19 bits per heavy atom. The van der Waals surface area contributed by atoms with Gasteiger partial charge in [-0.3, -0.25) is 81.6 Å². The topological polar surface area (TPSA) is 588 Å². The molecule has 1 unspecified atom stereocenters. The number of hydrogen-bond donors (Lipinski definition) is 16. The number of amides is 13. The van der Waals surface area contributed by atoms with E-state index in [1.807, 2.05) is 0 Å². The number of imidazole rings is 4. The number of nitrogens with zero attached hydrogens (tertiary/aromatic N) is 14. The second kappa shape index (κ2) is 40.0. The number of aromatic nitrogens is 12. The summed E-state index contributed by atoms with van der Waals surface area (Å²) in [6, 6.07) is 4.69. The van der Waals surface area contributed by atoms with Gasteiger partial charge >= 0.3 is 17.9 Å². The lowest BCUT2D eigenvalue weighted by Crippen LogP contribution is -2.51. The Morgan fingerprint density at radius 2 is 0.750 bits per heavy atom. The summed E-state index contributed by atoms with van der Waals surface area (Å²) in [5, 5.41) is 62.2. The molecule has 46 heteroatoms. The van der Waals surface area contributed by atoms with Crippen molar-refractivity contribution in [1.29, 1.82) is 0 Å². The second-order valence-electron chi connectivity index (χ2n) is 26.4. The Balaban J connectivity index is 0.691. The lowest BCUT2D eigenvalue weighted by molar-refractivity contribution is -0.146. The van der Waals surface area contributed by atoms with Crippen molar-refractivity contribution in [2.24, 2.45) is 56.4 Å². The highest BCUT2D eigenvalue weighted by Crippen LogP contribution is 2.21. The number of likely N-dealkylation sites (N-methyl/N-ethyl adjacent to an activating group) is 1. The van der Waals surface area contributed by atoms with Gasteiger partial charge in [0.25, 0.3) is 47.3 Å². The molecule has 8 aromatic rings. The standard InChI is InChI=1S/C70H89N27O19/c1-71-43(70(116)97(38-57(106)107)24-23-96(36-55(102)103)37-56(104)105)12-17-72-51(98)13-18-75-63(109)45-26-40(30-89(45)3)79-65(111)47-25-39(29-92(47)6)78-53(100)14-19-76-64(110)46-28-42(32-91(46)5)81-68(114)60-84-48(33-94(60)8)82-52(99)11-10-16-74-62(108)44-27-41(31-90(44)4)80-69(115)61-85-49(34-95(61)9)83-54(101)15-20-77-66(112)59-86-50(35-93(59)7)87-67(113)58-73-21-22-88(58)2/h21-22,25-35,43,71H,10-20,23-24,36-38H2,1-9H3,(H,72,98)(H,74,108)(H,75,109)(H,76,110)(H,77,112)(H,78,100)(H,79,111)(H,80,115)(H,81,114)(H,82,99)(H,83,101)(H,87,113)(H,102,103)(H,104,105)(H,106,107). The summed E-state index contributed by atoms with van der Waals surface area (Å²) >= 11 is 0. The van der Waals surface area contributed by atoms with E-state index in [9.17, 15) is 81.8 Å². The molecule has 0 aliphatic heterocycles. The Morgan fingerprint density at radius 1 is 0.371 bits per heavy atom. The SMILES string of the molecule is CNC(CCNC(=O)CCNC(=O)c1cc(NC(=O)c2cc(NC(=O)CCNC(=O)c3cc(NC(=O)c4nc(NC(=O)CCCNC(=O)c5cc(NC(=O)c6nc(NC(=O)CCNC(=O)c7nc(NC(=O)c8nccn8C)cn7C)cn6C)cn5C)cn4C)cn3C)cn2C)cn1C)C(=O)N(CCN(CC(=O)O)CC(=O)O)CC(=O)O. The Labute approximate surface area is 659 Å². The van der Waals surface area contributed by atoms with Gasteiger partial charge in [-0.25, -0.2) is 19.9 Å². The molecule has 618 valence electrons. The first-order valence-corrected chi connectivity index (χ1v) is 35.6. The molecule has 13 amide bonds. The van der Waals surface area contributed by atoms with Crippen LogP contribution in [0.3, 0.4) is 0 Å². The van der Waals surface area contributed by atoms with Crippen LogP contribution in [0, 0.1) is 0 Å². The molecule has 0 spiro atoms. The summed E-state index contributed by atoms with van der Waals surface area (Å²) in [7, 11) is 14.0. The van der Waals surface area contributed by atoms with E-state index in [0.29, 0.717) is 0 Å². The molecular weight excluding hydrogens is 1520 g/mol. The van der Waals surface area contributed by atoms with Gasteiger partial charge in [-0.1, -0.05) is 0 Å². The van der Waals surface area contributed by atoms with E-state index in [4.69, 9.17) is 10.2 Å². The smallest absolute Gasteiger partial charge is 0.323 e. The zero-order valence-corrected chi connectivity index (χ0v) is 64.5. The third-order valence-corrected chi connectivity index (χ3v) is 17.3. The maximum absolute atomic E-state index is 13.4. The molecule has 0 aliphatic carbocycles. The fraction of sp³-hybridized carbons (Fsp3) is 0.371. The number of carbonyl (C=O) groups is 16. The maximum atomic E-state index is 13.4. The first-order valence-electron chi connectivity index (χ1n) is 35.6. The van der Waals surface area contributed by atoms with Crippen LogP contribution in [0.15, 0.2) is 80.0 Å². The van der Waals surface area contributed by atoms with Gasteiger partial charge in [0.15, 0.2) is 23.3 Å². The van der Waals surface area contributed by atoms with E-state index in [1.165, 1.54) is 132 Å². The van der Waals surface area contributed by atoms with E-state index in [1.54, 1.807) is 48.5 Å². The van der Waals surface area contributed by atoms with Crippen LogP contribution in [-0.4, -0.2) is 255 Å². The fourth-order valence-corrected chi connectivity index (χ4v) is 11.6. The van der Waals surface area contributed by atoms with Crippen molar-refractivity contribution >= 4 is 135 Å². The van der Waals surface area contributed by atoms with Crippen LogP contribution in [0.5, 0.6) is 0 Å².